The van der Waals surface area contributed by atoms with Crippen LogP contribution < -0.4 is 5.32 Å². The van der Waals surface area contributed by atoms with Gasteiger partial charge in [0.15, 0.2) is 0 Å². The summed E-state index contributed by atoms with van der Waals surface area (Å²) < 4.78 is 46.3. The number of carboxylic acid groups (broad SMARTS) is 1. The van der Waals surface area contributed by atoms with Crippen LogP contribution in [0.4, 0.5) is 13.2 Å². The van der Waals surface area contributed by atoms with Gasteiger partial charge < -0.3 is 20.3 Å². The van der Waals surface area contributed by atoms with Gasteiger partial charge in [0.05, 0.1) is 24.4 Å². The monoisotopic (exact) mass is 507 g/mol. The maximum absolute atomic E-state index is 13.5. The van der Waals surface area contributed by atoms with Crippen molar-refractivity contribution in [2.75, 3.05) is 13.2 Å². The first kappa shape index (κ1) is 28.2. The molecular weight excluding hydrogens is 471 g/mol. The number of aliphatic carboxylic acids is 1. The molecule has 0 fully saturated rings. The van der Waals surface area contributed by atoms with E-state index in [1.807, 2.05) is 0 Å². The van der Waals surface area contributed by atoms with E-state index in [0.717, 1.165) is 25.3 Å². The first-order valence-electron chi connectivity index (χ1n) is 12.4. The van der Waals surface area contributed by atoms with E-state index in [-0.39, 0.29) is 36.2 Å². The molecule has 0 aromatic heterocycles. The Morgan fingerprint density at radius 1 is 1.11 bits per heavy atom. The molecule has 0 aliphatic heterocycles. The third kappa shape index (κ3) is 7.79. The Morgan fingerprint density at radius 3 is 2.33 bits per heavy atom. The Balaban J connectivity index is 1.53. The normalized spacial score (nSPS) is 16.1. The number of carboxylic acids is 1. The SMILES string of the molecule is C[C@@H](OC[C@H](O)CNC(C)(C)CC1Cc2ccccc2C1)c1cccc(C(F)(F)F)c1CCC(=O)O. The minimum absolute atomic E-state index is 0.0618. The smallest absolute Gasteiger partial charge is 0.416 e. The van der Waals surface area contributed by atoms with Crippen LogP contribution in [0, 0.1) is 5.92 Å². The number of aliphatic hydroxyl groups is 1. The van der Waals surface area contributed by atoms with Crippen molar-refractivity contribution in [1.82, 2.24) is 5.32 Å². The van der Waals surface area contributed by atoms with Gasteiger partial charge in [-0.25, -0.2) is 0 Å². The third-order valence-electron chi connectivity index (χ3n) is 6.83. The number of nitrogens with one attached hydrogen (secondary N) is 1. The summed E-state index contributed by atoms with van der Waals surface area (Å²) in [5.41, 5.74) is 1.95. The summed E-state index contributed by atoms with van der Waals surface area (Å²) in [7, 11) is 0. The predicted octanol–water partition coefficient (Wildman–Crippen LogP) is 5.33. The molecule has 3 rings (SSSR count). The molecule has 2 aromatic carbocycles. The van der Waals surface area contributed by atoms with E-state index < -0.39 is 36.3 Å². The fraction of sp³-hybridized carbons (Fsp3) is 0.536. The fourth-order valence-corrected chi connectivity index (χ4v) is 5.15. The lowest BCUT2D eigenvalue weighted by Gasteiger charge is -2.31. The molecule has 0 amide bonds. The summed E-state index contributed by atoms with van der Waals surface area (Å²) in [5, 5.41) is 22.9. The minimum atomic E-state index is -4.60. The highest BCUT2D eigenvalue weighted by Gasteiger charge is 2.35. The molecule has 2 aromatic rings. The summed E-state index contributed by atoms with van der Waals surface area (Å²) in [6.07, 6.45) is -3.81. The number of carbonyl (C=O) groups is 1. The van der Waals surface area contributed by atoms with E-state index in [1.165, 1.54) is 23.3 Å². The van der Waals surface area contributed by atoms with Gasteiger partial charge in [0.1, 0.15) is 0 Å². The van der Waals surface area contributed by atoms with E-state index in [0.29, 0.717) is 5.92 Å². The summed E-state index contributed by atoms with van der Waals surface area (Å²) in [4.78, 5) is 11.0. The van der Waals surface area contributed by atoms with Gasteiger partial charge in [0, 0.05) is 18.5 Å². The molecule has 0 unspecified atom stereocenters. The lowest BCUT2D eigenvalue weighted by atomic mass is 9.88. The van der Waals surface area contributed by atoms with Gasteiger partial charge in [0.25, 0.3) is 0 Å². The zero-order chi connectivity index (χ0) is 26.5. The molecule has 0 spiro atoms. The largest absolute Gasteiger partial charge is 0.481 e. The van der Waals surface area contributed by atoms with Crippen molar-refractivity contribution in [3.05, 3.63) is 70.3 Å². The topological polar surface area (TPSA) is 78.8 Å². The standard InChI is InChI=1S/C28H36F3NO4/c1-18(23-9-6-10-25(28(29,30)31)24(23)11-12-26(34)35)36-17-22(33)16-32-27(2,3)15-19-13-20-7-4-5-8-21(20)14-19/h4-10,18-19,22,32-33H,11-17H2,1-3H3,(H,34,35)/t18-,22-/m1/s1. The van der Waals surface area contributed by atoms with Crippen LogP contribution in [0.1, 0.15) is 67.5 Å². The third-order valence-corrected chi connectivity index (χ3v) is 6.83. The Morgan fingerprint density at radius 2 is 1.75 bits per heavy atom. The van der Waals surface area contributed by atoms with Gasteiger partial charge in [-0.05, 0) is 80.7 Å². The zero-order valence-electron chi connectivity index (χ0n) is 21.1. The highest BCUT2D eigenvalue weighted by molar-refractivity contribution is 5.67. The van der Waals surface area contributed by atoms with Crippen molar-refractivity contribution in [1.29, 1.82) is 0 Å². The zero-order valence-corrected chi connectivity index (χ0v) is 21.1. The first-order valence-corrected chi connectivity index (χ1v) is 12.4. The average molecular weight is 508 g/mol. The second-order valence-electron chi connectivity index (χ2n) is 10.4. The lowest BCUT2D eigenvalue weighted by Crippen LogP contribution is -2.45. The number of hydrogen-bond donors (Lipinski definition) is 3. The van der Waals surface area contributed by atoms with Crippen LogP contribution in [0.5, 0.6) is 0 Å². The molecule has 36 heavy (non-hydrogen) atoms. The molecular formula is C28H36F3NO4. The molecule has 3 N–H and O–H groups in total. The van der Waals surface area contributed by atoms with E-state index >= 15 is 0 Å². The molecule has 1 aliphatic carbocycles. The molecule has 0 radical (unpaired) electrons. The van der Waals surface area contributed by atoms with Crippen LogP contribution in [-0.4, -0.2) is 41.0 Å². The van der Waals surface area contributed by atoms with Gasteiger partial charge in [-0.15, -0.1) is 0 Å². The van der Waals surface area contributed by atoms with Gasteiger partial charge >= 0.3 is 12.1 Å². The van der Waals surface area contributed by atoms with Crippen LogP contribution in [0.2, 0.25) is 0 Å². The highest BCUT2D eigenvalue weighted by atomic mass is 19.4. The molecule has 198 valence electrons. The number of halogens is 3. The first-order chi connectivity index (χ1) is 16.9. The van der Waals surface area contributed by atoms with E-state index in [4.69, 9.17) is 9.84 Å². The molecule has 0 bridgehead atoms. The van der Waals surface area contributed by atoms with Gasteiger partial charge in [-0.2, -0.15) is 13.2 Å². The van der Waals surface area contributed by atoms with Crippen molar-refractivity contribution in [3.8, 4) is 0 Å². The van der Waals surface area contributed by atoms with Gasteiger partial charge in [-0.3, -0.25) is 4.79 Å². The van der Waals surface area contributed by atoms with Crippen molar-refractivity contribution < 1.29 is 32.9 Å². The van der Waals surface area contributed by atoms with Crippen molar-refractivity contribution in [2.24, 2.45) is 5.92 Å². The van der Waals surface area contributed by atoms with E-state index in [2.05, 4.69) is 43.4 Å². The molecule has 0 saturated carbocycles. The molecule has 8 heteroatoms. The quantitative estimate of drug-likeness (QED) is 0.362. The van der Waals surface area contributed by atoms with Crippen LogP contribution in [0.25, 0.3) is 0 Å². The van der Waals surface area contributed by atoms with Gasteiger partial charge in [0.2, 0.25) is 0 Å². The number of hydrogen-bond acceptors (Lipinski definition) is 4. The van der Waals surface area contributed by atoms with Gasteiger partial charge in [-0.1, -0.05) is 36.4 Å². The van der Waals surface area contributed by atoms with Crippen LogP contribution in [0.3, 0.4) is 0 Å². The number of benzene rings is 2. The van der Waals surface area contributed by atoms with Crippen LogP contribution in [0.15, 0.2) is 42.5 Å². The average Bonchev–Trinajstić information content (AvgIpc) is 3.20. The summed E-state index contributed by atoms with van der Waals surface area (Å²) in [6.45, 7) is 6.04. The van der Waals surface area contributed by atoms with Crippen molar-refractivity contribution in [2.45, 2.75) is 76.8 Å². The highest BCUT2D eigenvalue weighted by Crippen LogP contribution is 2.36. The summed E-state index contributed by atoms with van der Waals surface area (Å²) in [6, 6.07) is 12.3. The summed E-state index contributed by atoms with van der Waals surface area (Å²) >= 11 is 0. The molecule has 2 atom stereocenters. The Hall–Kier alpha value is -2.42. The fourth-order valence-electron chi connectivity index (χ4n) is 5.15. The number of ether oxygens (including phenoxy) is 1. The van der Waals surface area contributed by atoms with E-state index in [1.54, 1.807) is 6.92 Å². The second-order valence-corrected chi connectivity index (χ2v) is 10.4. The molecule has 5 nitrogen and oxygen atoms in total. The Bertz CT molecular complexity index is 1010. The molecule has 0 saturated heterocycles. The number of alkyl halides is 3. The number of fused-ring (bicyclic) bond motifs is 1. The van der Waals surface area contributed by atoms with Crippen LogP contribution in [-0.2, 0) is 35.0 Å². The predicted molar refractivity (Wildman–Crippen MR) is 132 cm³/mol. The Labute approximate surface area is 210 Å². The van der Waals surface area contributed by atoms with Crippen molar-refractivity contribution >= 4 is 5.97 Å². The maximum Gasteiger partial charge on any atom is 0.416 e. The van der Waals surface area contributed by atoms with Crippen molar-refractivity contribution in [3.63, 3.8) is 0 Å². The Kier molecular flexibility index (Phi) is 9.19. The number of β-amino-alcohol motifs (C(OH)–C–C–N with tert-alkyl or cyclic N) is 1. The second kappa shape index (κ2) is 11.8. The lowest BCUT2D eigenvalue weighted by molar-refractivity contribution is -0.140. The molecule has 1 aliphatic rings. The number of aliphatic hydroxyl groups excluding tert-OH is 1. The molecule has 0 heterocycles. The summed E-state index contributed by atoms with van der Waals surface area (Å²) in [5.74, 6) is -0.638. The minimum Gasteiger partial charge on any atom is -0.481 e. The maximum atomic E-state index is 13.5. The number of rotatable bonds is 12. The van der Waals surface area contributed by atoms with E-state index in [9.17, 15) is 23.1 Å². The van der Waals surface area contributed by atoms with Crippen LogP contribution >= 0.6 is 0 Å².